The molecule has 4 rings (SSSR count). The van der Waals surface area contributed by atoms with E-state index in [0.29, 0.717) is 23.0 Å². The maximum Gasteiger partial charge on any atom is 0.246 e. The number of amides is 1. The van der Waals surface area contributed by atoms with Crippen LogP contribution in [0.25, 0.3) is 22.3 Å². The Labute approximate surface area is 186 Å². The highest BCUT2D eigenvalue weighted by molar-refractivity contribution is 6.30. The fraction of sp³-hybridized carbons (Fsp3) is 0.364. The van der Waals surface area contributed by atoms with Gasteiger partial charge in [0.25, 0.3) is 0 Å². The molecule has 1 aliphatic rings. The SMILES string of the molecule is CN(C)CC=CC(=O)N1CCCC(n2nc(-c3ccc(Cl)cc3)c3c(N)ncnc32)C1. The van der Waals surface area contributed by atoms with E-state index in [0.717, 1.165) is 42.6 Å². The van der Waals surface area contributed by atoms with Crippen LogP contribution in [-0.4, -0.2) is 69.2 Å². The molecule has 1 fully saturated rings. The molecule has 1 unspecified atom stereocenters. The van der Waals surface area contributed by atoms with E-state index < -0.39 is 0 Å². The summed E-state index contributed by atoms with van der Waals surface area (Å²) in [4.78, 5) is 25.2. The van der Waals surface area contributed by atoms with Gasteiger partial charge in [-0.3, -0.25) is 4.79 Å². The summed E-state index contributed by atoms with van der Waals surface area (Å²) in [5, 5.41) is 6.26. The Balaban J connectivity index is 1.66. The third-order valence-electron chi connectivity index (χ3n) is 5.42. The van der Waals surface area contributed by atoms with Crippen LogP contribution in [0.5, 0.6) is 0 Å². The normalized spacial score (nSPS) is 17.2. The lowest BCUT2D eigenvalue weighted by molar-refractivity contribution is -0.127. The number of halogens is 1. The Kier molecular flexibility index (Phi) is 6.20. The van der Waals surface area contributed by atoms with Gasteiger partial charge in [0.1, 0.15) is 17.8 Å². The third kappa shape index (κ3) is 4.55. The summed E-state index contributed by atoms with van der Waals surface area (Å²) in [6, 6.07) is 7.48. The molecule has 8 nitrogen and oxygen atoms in total. The summed E-state index contributed by atoms with van der Waals surface area (Å²) in [7, 11) is 3.95. The second-order valence-corrected chi connectivity index (χ2v) is 8.44. The summed E-state index contributed by atoms with van der Waals surface area (Å²) in [5.74, 6) is 0.409. The largest absolute Gasteiger partial charge is 0.383 e. The number of carbonyl (C=O) groups excluding carboxylic acids is 1. The second kappa shape index (κ2) is 9.03. The average molecular weight is 440 g/mol. The number of nitrogens with zero attached hydrogens (tertiary/aromatic N) is 6. The molecule has 162 valence electrons. The molecule has 3 aromatic rings. The van der Waals surface area contributed by atoms with E-state index in [4.69, 9.17) is 22.4 Å². The predicted octanol–water partition coefficient (Wildman–Crippen LogP) is 3.01. The third-order valence-corrected chi connectivity index (χ3v) is 5.67. The maximum atomic E-state index is 12.7. The van der Waals surface area contributed by atoms with Crippen LogP contribution in [0.4, 0.5) is 5.82 Å². The van der Waals surface area contributed by atoms with Gasteiger partial charge in [-0.2, -0.15) is 5.10 Å². The topological polar surface area (TPSA) is 93.2 Å². The van der Waals surface area contributed by atoms with Crippen molar-refractivity contribution in [1.82, 2.24) is 29.5 Å². The Bertz CT molecular complexity index is 1110. The number of nitrogens with two attached hydrogens (primary N) is 1. The average Bonchev–Trinajstić information content (AvgIpc) is 3.15. The highest BCUT2D eigenvalue weighted by atomic mass is 35.5. The van der Waals surface area contributed by atoms with E-state index in [2.05, 4.69) is 9.97 Å². The molecule has 0 radical (unpaired) electrons. The van der Waals surface area contributed by atoms with Crippen LogP contribution in [0.2, 0.25) is 5.02 Å². The standard InChI is InChI=1S/C22H26ClN7O/c1-28(2)11-4-6-18(31)29-12-3-5-17(13-29)30-22-19(21(24)25-14-26-22)20(27-30)15-7-9-16(23)10-8-15/h4,6-10,14,17H,3,5,11-13H2,1-2H3,(H2,24,25,26). The monoisotopic (exact) mass is 439 g/mol. The lowest BCUT2D eigenvalue weighted by Gasteiger charge is -2.32. The summed E-state index contributed by atoms with van der Waals surface area (Å²) in [5.41, 5.74) is 8.51. The van der Waals surface area contributed by atoms with Crippen LogP contribution in [0.3, 0.4) is 0 Å². The first-order chi connectivity index (χ1) is 14.9. The zero-order valence-corrected chi connectivity index (χ0v) is 18.5. The van der Waals surface area contributed by atoms with Gasteiger partial charge < -0.3 is 15.5 Å². The number of aromatic nitrogens is 4. The van der Waals surface area contributed by atoms with Crippen LogP contribution in [0.1, 0.15) is 18.9 Å². The fourth-order valence-electron chi connectivity index (χ4n) is 3.88. The van der Waals surface area contributed by atoms with E-state index >= 15 is 0 Å². The smallest absolute Gasteiger partial charge is 0.246 e. The molecule has 9 heteroatoms. The molecule has 31 heavy (non-hydrogen) atoms. The second-order valence-electron chi connectivity index (χ2n) is 8.00. The first-order valence-electron chi connectivity index (χ1n) is 10.3. The van der Waals surface area contributed by atoms with E-state index in [1.54, 1.807) is 6.08 Å². The zero-order valence-electron chi connectivity index (χ0n) is 17.7. The molecule has 1 atom stereocenters. The van der Waals surface area contributed by atoms with Crippen LogP contribution < -0.4 is 5.73 Å². The van der Waals surface area contributed by atoms with Crippen molar-refractivity contribution in [2.75, 3.05) is 39.5 Å². The van der Waals surface area contributed by atoms with Gasteiger partial charge >= 0.3 is 0 Å². The lowest BCUT2D eigenvalue weighted by atomic mass is 10.1. The molecule has 0 spiro atoms. The number of benzene rings is 1. The maximum absolute atomic E-state index is 12.7. The van der Waals surface area contributed by atoms with Gasteiger partial charge in [-0.25, -0.2) is 14.6 Å². The Morgan fingerprint density at radius 1 is 1.29 bits per heavy atom. The van der Waals surface area contributed by atoms with Crippen LogP contribution >= 0.6 is 11.6 Å². The first-order valence-corrected chi connectivity index (χ1v) is 10.7. The number of likely N-dealkylation sites (N-methyl/N-ethyl adjacent to an activating group) is 1. The van der Waals surface area contributed by atoms with Crippen LogP contribution in [0, 0.1) is 0 Å². The van der Waals surface area contributed by atoms with Crippen LogP contribution in [0.15, 0.2) is 42.7 Å². The molecule has 2 aromatic heterocycles. The van der Waals surface area contributed by atoms with Gasteiger partial charge in [0, 0.05) is 36.3 Å². The minimum atomic E-state index is 0.0119. The van der Waals surface area contributed by atoms with Gasteiger partial charge in [-0.15, -0.1) is 0 Å². The van der Waals surface area contributed by atoms with Crippen molar-refractivity contribution in [2.45, 2.75) is 18.9 Å². The summed E-state index contributed by atoms with van der Waals surface area (Å²) < 4.78 is 1.90. The summed E-state index contributed by atoms with van der Waals surface area (Å²) in [6.07, 6.45) is 6.81. The molecule has 3 heterocycles. The quantitative estimate of drug-likeness (QED) is 0.614. The molecule has 0 saturated carbocycles. The predicted molar refractivity (Wildman–Crippen MR) is 123 cm³/mol. The van der Waals surface area contributed by atoms with Crippen molar-refractivity contribution >= 4 is 34.4 Å². The number of nitrogen functional groups attached to an aromatic ring is 1. The minimum Gasteiger partial charge on any atom is -0.383 e. The van der Waals surface area contributed by atoms with Crippen molar-refractivity contribution in [2.24, 2.45) is 0 Å². The molecular formula is C22H26ClN7O. The number of fused-ring (bicyclic) bond motifs is 1. The highest BCUT2D eigenvalue weighted by Crippen LogP contribution is 2.34. The van der Waals surface area contributed by atoms with Crippen LogP contribution in [-0.2, 0) is 4.79 Å². The van der Waals surface area contributed by atoms with Crippen molar-refractivity contribution in [3.8, 4) is 11.3 Å². The highest BCUT2D eigenvalue weighted by Gasteiger charge is 2.28. The van der Waals surface area contributed by atoms with Gasteiger partial charge in [-0.05, 0) is 39.1 Å². The molecule has 1 amide bonds. The number of hydrogen-bond donors (Lipinski definition) is 1. The fourth-order valence-corrected chi connectivity index (χ4v) is 4.01. The van der Waals surface area contributed by atoms with Crippen molar-refractivity contribution in [3.05, 3.63) is 47.8 Å². The molecule has 1 aliphatic heterocycles. The Morgan fingerprint density at radius 2 is 2.06 bits per heavy atom. The number of likely N-dealkylation sites (tertiary alicyclic amines) is 1. The molecular weight excluding hydrogens is 414 g/mol. The molecule has 0 aliphatic carbocycles. The minimum absolute atomic E-state index is 0.0119. The van der Waals surface area contributed by atoms with Crippen molar-refractivity contribution < 1.29 is 4.79 Å². The molecule has 0 bridgehead atoms. The lowest BCUT2D eigenvalue weighted by Crippen LogP contribution is -2.40. The molecule has 2 N–H and O–H groups in total. The summed E-state index contributed by atoms with van der Waals surface area (Å²) in [6.45, 7) is 2.04. The number of anilines is 1. The van der Waals surface area contributed by atoms with E-state index in [9.17, 15) is 4.79 Å². The molecule has 1 saturated heterocycles. The Morgan fingerprint density at radius 3 is 2.81 bits per heavy atom. The van der Waals surface area contributed by atoms with Gasteiger partial charge in [0.15, 0.2) is 5.65 Å². The number of hydrogen-bond acceptors (Lipinski definition) is 6. The number of piperidine rings is 1. The number of carbonyl (C=O) groups is 1. The van der Waals surface area contributed by atoms with E-state index in [1.165, 1.54) is 6.33 Å². The van der Waals surface area contributed by atoms with Gasteiger partial charge in [-0.1, -0.05) is 29.8 Å². The van der Waals surface area contributed by atoms with Gasteiger partial charge in [0.05, 0.1) is 11.4 Å². The van der Waals surface area contributed by atoms with E-state index in [-0.39, 0.29) is 11.9 Å². The van der Waals surface area contributed by atoms with Crippen molar-refractivity contribution in [3.63, 3.8) is 0 Å². The summed E-state index contributed by atoms with van der Waals surface area (Å²) >= 11 is 6.05. The zero-order chi connectivity index (χ0) is 22.0. The van der Waals surface area contributed by atoms with Gasteiger partial charge in [0.2, 0.25) is 5.91 Å². The molecule has 1 aromatic carbocycles. The van der Waals surface area contributed by atoms with E-state index in [1.807, 2.05) is 58.9 Å². The van der Waals surface area contributed by atoms with Crippen molar-refractivity contribution in [1.29, 1.82) is 0 Å². The number of rotatable bonds is 5. The first kappa shape index (κ1) is 21.3. The Hall–Kier alpha value is -2.97.